The number of aliphatic carboxylic acids is 1. The highest BCUT2D eigenvalue weighted by atomic mass is 16.4. The zero-order chi connectivity index (χ0) is 15.9. The summed E-state index contributed by atoms with van der Waals surface area (Å²) in [6.07, 6.45) is 3.07. The molecule has 0 amide bonds. The van der Waals surface area contributed by atoms with Gasteiger partial charge in [0.05, 0.1) is 11.0 Å². The van der Waals surface area contributed by atoms with Crippen LogP contribution in [0.3, 0.4) is 0 Å². The van der Waals surface area contributed by atoms with Gasteiger partial charge in [-0.25, -0.2) is 9.78 Å². The van der Waals surface area contributed by atoms with Crippen LogP contribution in [0.4, 0.5) is 0 Å². The number of carboxylic acids is 1. The summed E-state index contributed by atoms with van der Waals surface area (Å²) in [5.41, 5.74) is 2.18. The number of Topliss-reactive ketones (excluding diaryl/α,β-unsaturated/α-hetero) is 1. The molecule has 2 aromatic rings. The summed E-state index contributed by atoms with van der Waals surface area (Å²) >= 11 is 0. The van der Waals surface area contributed by atoms with Gasteiger partial charge in [-0.1, -0.05) is 13.8 Å². The second-order valence-corrected chi connectivity index (χ2v) is 5.86. The fraction of sp³-hybridized carbons (Fsp3) is 0.471. The Morgan fingerprint density at radius 2 is 2.09 bits per heavy atom. The average Bonchev–Trinajstić information content (AvgIpc) is 3.29. The van der Waals surface area contributed by atoms with E-state index in [0.717, 1.165) is 29.7 Å². The summed E-state index contributed by atoms with van der Waals surface area (Å²) in [6, 6.07) is 4.80. The van der Waals surface area contributed by atoms with Gasteiger partial charge in [0.1, 0.15) is 11.9 Å². The Hall–Kier alpha value is -2.17. The van der Waals surface area contributed by atoms with Crippen LogP contribution in [0, 0.1) is 0 Å². The molecule has 1 saturated carbocycles. The molecule has 0 bridgehead atoms. The summed E-state index contributed by atoms with van der Waals surface area (Å²) in [7, 11) is 0. The van der Waals surface area contributed by atoms with Gasteiger partial charge in [-0.2, -0.15) is 0 Å². The number of aromatic nitrogens is 2. The number of fused-ring (bicyclic) bond motifs is 1. The van der Waals surface area contributed by atoms with Crippen molar-refractivity contribution in [1.29, 1.82) is 0 Å². The first-order valence-electron chi connectivity index (χ1n) is 7.84. The first kappa shape index (κ1) is 14.8. The molecule has 1 N–H and O–H groups in total. The maximum absolute atomic E-state index is 11.9. The topological polar surface area (TPSA) is 72.2 Å². The molecule has 1 unspecified atom stereocenters. The van der Waals surface area contributed by atoms with Gasteiger partial charge in [0.25, 0.3) is 0 Å². The smallest absolute Gasteiger partial charge is 0.326 e. The molecule has 1 fully saturated rings. The lowest BCUT2D eigenvalue weighted by molar-refractivity contribution is -0.140. The predicted molar refractivity (Wildman–Crippen MR) is 83.3 cm³/mol. The second-order valence-electron chi connectivity index (χ2n) is 5.86. The molecule has 1 aliphatic carbocycles. The van der Waals surface area contributed by atoms with Crippen molar-refractivity contribution in [2.45, 2.75) is 51.5 Å². The van der Waals surface area contributed by atoms with E-state index >= 15 is 0 Å². The first-order valence-corrected chi connectivity index (χ1v) is 7.84. The standard InChI is InChI=1S/C17H20N2O3/c1-3-13(17(21)22)19-14-8-7-11(15(20)4-2)9-12(14)18-16(19)10-5-6-10/h7-10,13H,3-6H2,1-2H3,(H,21,22). The molecule has 5 heteroatoms. The molecule has 1 atom stereocenters. The van der Waals surface area contributed by atoms with E-state index in [1.165, 1.54) is 0 Å². The lowest BCUT2D eigenvalue weighted by Gasteiger charge is -2.16. The normalized spacial score (nSPS) is 15.9. The number of hydrogen-bond acceptors (Lipinski definition) is 3. The van der Waals surface area contributed by atoms with Gasteiger partial charge in [0.15, 0.2) is 5.78 Å². The lowest BCUT2D eigenvalue weighted by atomic mass is 10.1. The minimum Gasteiger partial charge on any atom is -0.480 e. The number of rotatable bonds is 6. The molecule has 0 saturated heterocycles. The Balaban J connectivity index is 2.18. The van der Waals surface area contributed by atoms with Crippen LogP contribution >= 0.6 is 0 Å². The Bertz CT molecular complexity index is 744. The van der Waals surface area contributed by atoms with Crippen LogP contribution in [0.15, 0.2) is 18.2 Å². The summed E-state index contributed by atoms with van der Waals surface area (Å²) in [6.45, 7) is 3.70. The Kier molecular flexibility index (Phi) is 3.72. The number of benzene rings is 1. The number of hydrogen-bond donors (Lipinski definition) is 1. The molecular formula is C17H20N2O3. The van der Waals surface area contributed by atoms with Crippen molar-refractivity contribution < 1.29 is 14.7 Å². The van der Waals surface area contributed by atoms with Crippen LogP contribution in [0.2, 0.25) is 0 Å². The summed E-state index contributed by atoms with van der Waals surface area (Å²) in [4.78, 5) is 28.1. The van der Waals surface area contributed by atoms with Crippen LogP contribution in [0.5, 0.6) is 0 Å². The zero-order valence-electron chi connectivity index (χ0n) is 12.9. The number of carbonyl (C=O) groups excluding carboxylic acids is 1. The highest BCUT2D eigenvalue weighted by Gasteiger charge is 2.33. The van der Waals surface area contributed by atoms with E-state index in [1.807, 2.05) is 24.5 Å². The SMILES string of the molecule is CCC(=O)c1ccc2c(c1)nc(C1CC1)n2C(CC)C(=O)O. The molecule has 1 heterocycles. The molecule has 22 heavy (non-hydrogen) atoms. The molecule has 116 valence electrons. The number of carboxylic acid groups (broad SMARTS) is 1. The number of ketones is 1. The van der Waals surface area contributed by atoms with Crippen LogP contribution in [0.1, 0.15) is 67.7 Å². The van der Waals surface area contributed by atoms with Crippen LogP contribution in [0.25, 0.3) is 11.0 Å². The highest BCUT2D eigenvalue weighted by molar-refractivity contribution is 5.99. The maximum Gasteiger partial charge on any atom is 0.326 e. The lowest BCUT2D eigenvalue weighted by Crippen LogP contribution is -2.20. The monoisotopic (exact) mass is 300 g/mol. The molecule has 0 radical (unpaired) electrons. The van der Waals surface area contributed by atoms with Crippen molar-refractivity contribution in [3.05, 3.63) is 29.6 Å². The van der Waals surface area contributed by atoms with Crippen LogP contribution in [-0.4, -0.2) is 26.4 Å². The van der Waals surface area contributed by atoms with Crippen molar-refractivity contribution in [1.82, 2.24) is 9.55 Å². The van der Waals surface area contributed by atoms with E-state index in [1.54, 1.807) is 12.1 Å². The fourth-order valence-corrected chi connectivity index (χ4v) is 2.92. The van der Waals surface area contributed by atoms with Gasteiger partial charge in [0, 0.05) is 17.9 Å². The van der Waals surface area contributed by atoms with E-state index in [2.05, 4.69) is 4.98 Å². The fourth-order valence-electron chi connectivity index (χ4n) is 2.92. The van der Waals surface area contributed by atoms with Gasteiger partial charge < -0.3 is 9.67 Å². The first-order chi connectivity index (χ1) is 10.6. The molecule has 0 aliphatic heterocycles. The third kappa shape index (κ3) is 2.40. The molecule has 5 nitrogen and oxygen atoms in total. The number of nitrogens with zero attached hydrogens (tertiary/aromatic N) is 2. The number of imidazole rings is 1. The Morgan fingerprint density at radius 3 is 2.64 bits per heavy atom. The van der Waals surface area contributed by atoms with Crippen molar-refractivity contribution in [3.8, 4) is 0 Å². The van der Waals surface area contributed by atoms with Crippen LogP contribution < -0.4 is 0 Å². The minimum atomic E-state index is -0.836. The van der Waals surface area contributed by atoms with Gasteiger partial charge in [0.2, 0.25) is 0 Å². The van der Waals surface area contributed by atoms with Crippen molar-refractivity contribution >= 4 is 22.8 Å². The summed E-state index contributed by atoms with van der Waals surface area (Å²) in [5, 5.41) is 9.51. The molecule has 1 aliphatic rings. The Labute approximate surface area is 129 Å². The summed E-state index contributed by atoms with van der Waals surface area (Å²) in [5.74, 6) is 0.448. The minimum absolute atomic E-state index is 0.0784. The highest BCUT2D eigenvalue weighted by Crippen LogP contribution is 2.42. The second kappa shape index (κ2) is 5.55. The van der Waals surface area contributed by atoms with E-state index < -0.39 is 12.0 Å². The van der Waals surface area contributed by atoms with Gasteiger partial charge in [-0.3, -0.25) is 4.79 Å². The van der Waals surface area contributed by atoms with Gasteiger partial charge in [-0.05, 0) is 37.5 Å². The maximum atomic E-state index is 11.9. The van der Waals surface area contributed by atoms with E-state index in [-0.39, 0.29) is 5.78 Å². The van der Waals surface area contributed by atoms with Crippen LogP contribution in [-0.2, 0) is 4.79 Å². The Morgan fingerprint density at radius 1 is 1.36 bits per heavy atom. The van der Waals surface area contributed by atoms with Crippen molar-refractivity contribution in [2.24, 2.45) is 0 Å². The van der Waals surface area contributed by atoms with Gasteiger partial charge >= 0.3 is 5.97 Å². The molecule has 3 rings (SSSR count). The van der Waals surface area contributed by atoms with E-state index in [0.29, 0.717) is 24.3 Å². The molecular weight excluding hydrogens is 280 g/mol. The quantitative estimate of drug-likeness (QED) is 0.828. The van der Waals surface area contributed by atoms with Crippen molar-refractivity contribution in [2.75, 3.05) is 0 Å². The predicted octanol–water partition coefficient (Wildman–Crippen LogP) is 3.54. The van der Waals surface area contributed by atoms with Crippen molar-refractivity contribution in [3.63, 3.8) is 0 Å². The third-order valence-electron chi connectivity index (χ3n) is 4.29. The molecule has 1 aromatic heterocycles. The van der Waals surface area contributed by atoms with E-state index in [4.69, 9.17) is 0 Å². The average molecular weight is 300 g/mol. The third-order valence-corrected chi connectivity index (χ3v) is 4.29. The number of carbonyl (C=O) groups is 2. The van der Waals surface area contributed by atoms with Gasteiger partial charge in [-0.15, -0.1) is 0 Å². The molecule has 1 aromatic carbocycles. The molecule has 0 spiro atoms. The zero-order valence-corrected chi connectivity index (χ0v) is 12.9. The largest absolute Gasteiger partial charge is 0.480 e. The summed E-state index contributed by atoms with van der Waals surface area (Å²) < 4.78 is 1.86. The van der Waals surface area contributed by atoms with E-state index in [9.17, 15) is 14.7 Å².